The minimum absolute atomic E-state index is 0.0328. The highest BCUT2D eigenvalue weighted by Gasteiger charge is 2.51. The van der Waals surface area contributed by atoms with Crippen molar-refractivity contribution in [2.75, 3.05) is 39.4 Å². The molecular formula is C36H47ClFN3O3. The zero-order valence-corrected chi connectivity index (χ0v) is 27.6. The lowest BCUT2D eigenvalue weighted by Gasteiger charge is -2.42. The molecule has 0 aromatic heterocycles. The van der Waals surface area contributed by atoms with Crippen molar-refractivity contribution in [3.05, 3.63) is 69.0 Å². The lowest BCUT2D eigenvalue weighted by Crippen LogP contribution is -2.49. The SMILES string of the molecule is CC(=O)NC(C)(C)[C@H]1CC2(CCN(C(=O)[C@@H]3CN(C4CCOCC4)C[C@H]3c3ccc(C)cc3F)CC2)c2cc(Cl)c(C)cc21. The summed E-state index contributed by atoms with van der Waals surface area (Å²) >= 11 is 6.70. The van der Waals surface area contributed by atoms with Gasteiger partial charge in [-0.05, 0) is 105 Å². The summed E-state index contributed by atoms with van der Waals surface area (Å²) in [4.78, 5) is 31.0. The van der Waals surface area contributed by atoms with E-state index in [1.165, 1.54) is 11.1 Å². The zero-order valence-electron chi connectivity index (χ0n) is 26.8. The maximum absolute atomic E-state index is 15.4. The second-order valence-corrected chi connectivity index (χ2v) is 14.9. The number of halogens is 2. The Hall–Kier alpha value is -2.48. The number of ether oxygens (including phenoxy) is 1. The van der Waals surface area contributed by atoms with Gasteiger partial charge in [-0.15, -0.1) is 0 Å². The molecule has 1 spiro atoms. The first-order valence-electron chi connectivity index (χ1n) is 16.3. The van der Waals surface area contributed by atoms with Crippen LogP contribution in [-0.4, -0.2) is 72.6 Å². The number of piperidine rings is 1. The number of nitrogens with one attached hydrogen (secondary N) is 1. The summed E-state index contributed by atoms with van der Waals surface area (Å²) in [5, 5.41) is 3.97. The molecular weight excluding hydrogens is 577 g/mol. The Morgan fingerprint density at radius 1 is 1.05 bits per heavy atom. The number of aryl methyl sites for hydroxylation is 2. The molecule has 4 aliphatic rings. The van der Waals surface area contributed by atoms with E-state index < -0.39 is 5.54 Å². The molecule has 2 amide bonds. The summed E-state index contributed by atoms with van der Waals surface area (Å²) in [7, 11) is 0. The Morgan fingerprint density at radius 2 is 1.75 bits per heavy atom. The summed E-state index contributed by atoms with van der Waals surface area (Å²) in [5.41, 5.74) is 4.62. The molecule has 6 rings (SSSR count). The molecule has 0 radical (unpaired) electrons. The summed E-state index contributed by atoms with van der Waals surface area (Å²) in [5.74, 6) is -0.385. The summed E-state index contributed by atoms with van der Waals surface area (Å²) in [6, 6.07) is 10.2. The Kier molecular flexibility index (Phi) is 8.61. The van der Waals surface area contributed by atoms with Crippen LogP contribution in [0.3, 0.4) is 0 Å². The van der Waals surface area contributed by atoms with Crippen molar-refractivity contribution in [3.63, 3.8) is 0 Å². The molecule has 6 nitrogen and oxygen atoms in total. The highest BCUT2D eigenvalue weighted by Crippen LogP contribution is 2.56. The van der Waals surface area contributed by atoms with E-state index in [-0.39, 0.29) is 40.8 Å². The Morgan fingerprint density at radius 3 is 2.41 bits per heavy atom. The third-order valence-electron chi connectivity index (χ3n) is 11.2. The molecule has 3 aliphatic heterocycles. The molecule has 8 heteroatoms. The van der Waals surface area contributed by atoms with Gasteiger partial charge in [0.1, 0.15) is 5.82 Å². The fraction of sp³-hybridized carbons (Fsp3) is 0.611. The van der Waals surface area contributed by atoms with Crippen LogP contribution in [0.25, 0.3) is 0 Å². The van der Waals surface area contributed by atoms with Crippen molar-refractivity contribution >= 4 is 23.4 Å². The smallest absolute Gasteiger partial charge is 0.227 e. The monoisotopic (exact) mass is 623 g/mol. The van der Waals surface area contributed by atoms with E-state index in [2.05, 4.69) is 36.2 Å². The highest BCUT2D eigenvalue weighted by molar-refractivity contribution is 6.31. The van der Waals surface area contributed by atoms with Gasteiger partial charge in [-0.2, -0.15) is 0 Å². The van der Waals surface area contributed by atoms with Gasteiger partial charge in [0.05, 0.1) is 5.92 Å². The van der Waals surface area contributed by atoms with Crippen LogP contribution >= 0.6 is 11.6 Å². The molecule has 2 aromatic rings. The Labute approximate surface area is 266 Å². The number of benzene rings is 2. The van der Waals surface area contributed by atoms with Crippen LogP contribution in [0.1, 0.15) is 92.5 Å². The molecule has 3 atom stereocenters. The van der Waals surface area contributed by atoms with Crippen molar-refractivity contribution in [1.29, 1.82) is 0 Å². The van der Waals surface area contributed by atoms with Gasteiger partial charge in [-0.1, -0.05) is 29.8 Å². The van der Waals surface area contributed by atoms with Gasteiger partial charge in [-0.3, -0.25) is 14.5 Å². The van der Waals surface area contributed by atoms with Crippen LogP contribution in [-0.2, 0) is 19.7 Å². The largest absolute Gasteiger partial charge is 0.381 e. The van der Waals surface area contributed by atoms with E-state index in [1.807, 2.05) is 30.9 Å². The fourth-order valence-corrected chi connectivity index (χ4v) is 8.95. The second-order valence-electron chi connectivity index (χ2n) is 14.5. The summed E-state index contributed by atoms with van der Waals surface area (Å²) in [6.07, 6.45) is 4.51. The fourth-order valence-electron chi connectivity index (χ4n) is 8.79. The lowest BCUT2D eigenvalue weighted by atomic mass is 9.71. The van der Waals surface area contributed by atoms with E-state index in [9.17, 15) is 9.59 Å². The lowest BCUT2D eigenvalue weighted by molar-refractivity contribution is -0.137. The summed E-state index contributed by atoms with van der Waals surface area (Å²) < 4.78 is 21.0. The molecule has 0 unspecified atom stereocenters. The van der Waals surface area contributed by atoms with Crippen LogP contribution in [0.15, 0.2) is 30.3 Å². The van der Waals surface area contributed by atoms with E-state index in [1.54, 1.807) is 13.0 Å². The predicted octanol–water partition coefficient (Wildman–Crippen LogP) is 6.25. The standard InChI is InChI=1S/C36H47ClFN3O3/c1-22-6-7-26(33(38)16-22)28-20-41(25-8-14-44-15-9-25)21-29(28)34(43)40-12-10-36(11-13-40)19-31(35(4,5)39-24(3)42)27-17-23(2)32(37)18-30(27)36/h6-7,16-18,25,28-29,31H,8-15,19-21H2,1-5H3,(H,39,42)/t28-,29+,31-/m0/s1. The van der Waals surface area contributed by atoms with Gasteiger partial charge in [0.25, 0.3) is 0 Å². The van der Waals surface area contributed by atoms with Crippen molar-refractivity contribution in [2.45, 2.75) is 95.6 Å². The molecule has 44 heavy (non-hydrogen) atoms. The molecule has 1 N–H and O–H groups in total. The number of likely N-dealkylation sites (tertiary alicyclic amines) is 2. The van der Waals surface area contributed by atoms with E-state index in [4.69, 9.17) is 16.3 Å². The van der Waals surface area contributed by atoms with Gasteiger partial charge in [0.2, 0.25) is 11.8 Å². The van der Waals surface area contributed by atoms with Gasteiger partial charge in [0.15, 0.2) is 0 Å². The molecule has 0 saturated carbocycles. The van der Waals surface area contributed by atoms with Crippen molar-refractivity contribution in [1.82, 2.24) is 15.1 Å². The van der Waals surface area contributed by atoms with Gasteiger partial charge in [0, 0.05) is 74.8 Å². The average Bonchev–Trinajstić information content (AvgIpc) is 3.54. The normalized spacial score (nSPS) is 25.8. The van der Waals surface area contributed by atoms with E-state index >= 15 is 4.39 Å². The molecule has 238 valence electrons. The average molecular weight is 624 g/mol. The van der Waals surface area contributed by atoms with Crippen molar-refractivity contribution < 1.29 is 18.7 Å². The maximum atomic E-state index is 15.4. The Balaban J connectivity index is 1.24. The third-order valence-corrected chi connectivity index (χ3v) is 11.6. The third kappa shape index (κ3) is 5.80. The van der Waals surface area contributed by atoms with Crippen LogP contribution in [0.5, 0.6) is 0 Å². The first-order valence-corrected chi connectivity index (χ1v) is 16.7. The van der Waals surface area contributed by atoms with Crippen LogP contribution in [0, 0.1) is 25.6 Å². The number of amides is 2. The molecule has 2 aromatic carbocycles. The molecule has 3 heterocycles. The Bertz CT molecular complexity index is 1430. The number of hydrogen-bond donors (Lipinski definition) is 1. The quantitative estimate of drug-likeness (QED) is 0.428. The van der Waals surface area contributed by atoms with Crippen LogP contribution in [0.2, 0.25) is 5.02 Å². The molecule has 3 saturated heterocycles. The second kappa shape index (κ2) is 12.0. The van der Waals surface area contributed by atoms with Gasteiger partial charge in [-0.25, -0.2) is 4.39 Å². The number of rotatable bonds is 5. The minimum Gasteiger partial charge on any atom is -0.381 e. The zero-order chi connectivity index (χ0) is 31.4. The molecule has 0 bridgehead atoms. The van der Waals surface area contributed by atoms with Crippen molar-refractivity contribution in [2.24, 2.45) is 5.92 Å². The minimum atomic E-state index is -0.417. The molecule has 1 aliphatic carbocycles. The maximum Gasteiger partial charge on any atom is 0.227 e. The van der Waals surface area contributed by atoms with Gasteiger partial charge < -0.3 is 15.0 Å². The van der Waals surface area contributed by atoms with Crippen LogP contribution in [0.4, 0.5) is 4.39 Å². The van der Waals surface area contributed by atoms with Gasteiger partial charge >= 0.3 is 0 Å². The summed E-state index contributed by atoms with van der Waals surface area (Å²) in [6.45, 7) is 13.9. The predicted molar refractivity (Wildman–Crippen MR) is 172 cm³/mol. The number of fused-ring (bicyclic) bond motifs is 2. The topological polar surface area (TPSA) is 61.9 Å². The molecule has 3 fully saturated rings. The highest BCUT2D eigenvalue weighted by atomic mass is 35.5. The number of nitrogens with zero attached hydrogens (tertiary/aromatic N) is 2. The van der Waals surface area contributed by atoms with E-state index in [0.29, 0.717) is 37.8 Å². The number of carbonyl (C=O) groups excluding carboxylic acids is 2. The first kappa shape index (κ1) is 31.5. The first-order chi connectivity index (χ1) is 20.9. The number of carbonyl (C=O) groups is 2. The van der Waals surface area contributed by atoms with E-state index in [0.717, 1.165) is 61.5 Å². The number of hydrogen-bond acceptors (Lipinski definition) is 4. The van der Waals surface area contributed by atoms with Crippen molar-refractivity contribution in [3.8, 4) is 0 Å². The van der Waals surface area contributed by atoms with Crippen LogP contribution < -0.4 is 5.32 Å².